The Kier molecular flexibility index (Phi) is 3.73. The fourth-order valence-corrected chi connectivity index (χ4v) is 2.28. The smallest absolute Gasteiger partial charge is 0.255 e. The third kappa shape index (κ3) is 2.76. The van der Waals surface area contributed by atoms with Crippen molar-refractivity contribution < 1.29 is 4.39 Å². The third-order valence-electron chi connectivity index (χ3n) is 3.17. The van der Waals surface area contributed by atoms with Gasteiger partial charge in [0.2, 0.25) is 5.28 Å². The fourth-order valence-electron chi connectivity index (χ4n) is 2.15. The summed E-state index contributed by atoms with van der Waals surface area (Å²) >= 11 is 5.73. The summed E-state index contributed by atoms with van der Waals surface area (Å²) in [5.41, 5.74) is 2.03. The first-order valence-corrected chi connectivity index (χ1v) is 6.90. The molecule has 0 spiro atoms. The van der Waals surface area contributed by atoms with Crippen LogP contribution in [0.15, 0.2) is 53.6 Å². The number of hydrogen-bond donors (Lipinski definition) is 0. The lowest BCUT2D eigenvalue weighted by atomic mass is 10.1. The molecule has 4 nitrogen and oxygen atoms in total. The first kappa shape index (κ1) is 14.4. The molecule has 0 aliphatic heterocycles. The third-order valence-corrected chi connectivity index (χ3v) is 3.35. The lowest BCUT2D eigenvalue weighted by Gasteiger charge is -2.09. The van der Waals surface area contributed by atoms with Gasteiger partial charge < -0.3 is 0 Å². The molecule has 0 amide bonds. The van der Waals surface area contributed by atoms with Gasteiger partial charge in [-0.25, -0.2) is 14.4 Å². The van der Waals surface area contributed by atoms with Crippen molar-refractivity contribution in [3.63, 3.8) is 0 Å². The highest BCUT2D eigenvalue weighted by Crippen LogP contribution is 2.23. The van der Waals surface area contributed by atoms with Crippen molar-refractivity contribution in [3.05, 3.63) is 75.8 Å². The molecule has 3 rings (SSSR count). The normalized spacial score (nSPS) is 10.7. The SMILES string of the molecule is Cc1ccc(=O)n(-c2cccc(-c3nc(Cl)ncc3F)c2)c1. The van der Waals surface area contributed by atoms with Gasteiger partial charge >= 0.3 is 0 Å². The highest BCUT2D eigenvalue weighted by Gasteiger charge is 2.10. The number of benzene rings is 1. The van der Waals surface area contributed by atoms with E-state index in [1.165, 1.54) is 10.6 Å². The quantitative estimate of drug-likeness (QED) is 0.681. The first-order chi connectivity index (χ1) is 10.5. The zero-order chi connectivity index (χ0) is 15.7. The minimum atomic E-state index is -0.571. The highest BCUT2D eigenvalue weighted by molar-refractivity contribution is 6.28. The van der Waals surface area contributed by atoms with E-state index in [2.05, 4.69) is 9.97 Å². The van der Waals surface area contributed by atoms with E-state index in [0.717, 1.165) is 11.8 Å². The summed E-state index contributed by atoms with van der Waals surface area (Å²) in [6.45, 7) is 1.89. The molecule has 0 N–H and O–H groups in total. The van der Waals surface area contributed by atoms with Crippen LogP contribution < -0.4 is 5.56 Å². The molecular formula is C16H11ClFN3O. The van der Waals surface area contributed by atoms with Crippen LogP contribution in [-0.4, -0.2) is 14.5 Å². The van der Waals surface area contributed by atoms with Gasteiger partial charge in [-0.05, 0) is 36.2 Å². The molecule has 0 bridgehead atoms. The van der Waals surface area contributed by atoms with E-state index in [4.69, 9.17) is 11.6 Å². The van der Waals surface area contributed by atoms with Crippen LogP contribution in [0.2, 0.25) is 5.28 Å². The Labute approximate surface area is 130 Å². The second-order valence-corrected chi connectivity index (χ2v) is 5.14. The van der Waals surface area contributed by atoms with Crippen molar-refractivity contribution >= 4 is 11.6 Å². The van der Waals surface area contributed by atoms with Gasteiger partial charge in [-0.15, -0.1) is 0 Å². The second-order valence-electron chi connectivity index (χ2n) is 4.80. The van der Waals surface area contributed by atoms with E-state index in [1.54, 1.807) is 36.5 Å². The van der Waals surface area contributed by atoms with Crippen molar-refractivity contribution in [1.82, 2.24) is 14.5 Å². The minimum Gasteiger partial charge on any atom is -0.284 e. The molecule has 2 aromatic heterocycles. The Morgan fingerprint density at radius 3 is 2.86 bits per heavy atom. The van der Waals surface area contributed by atoms with Crippen molar-refractivity contribution in [3.8, 4) is 16.9 Å². The predicted octanol–water partition coefficient (Wildman–Crippen LogP) is 3.40. The summed E-state index contributed by atoms with van der Waals surface area (Å²) in [6.07, 6.45) is 2.75. The van der Waals surface area contributed by atoms with E-state index in [1.807, 2.05) is 6.92 Å². The Bertz CT molecular complexity index is 908. The maximum atomic E-state index is 13.9. The molecule has 2 heterocycles. The van der Waals surface area contributed by atoms with Crippen LogP contribution in [-0.2, 0) is 0 Å². The Morgan fingerprint density at radius 1 is 1.23 bits per heavy atom. The minimum absolute atomic E-state index is 0.0328. The lowest BCUT2D eigenvalue weighted by molar-refractivity contribution is 0.618. The lowest BCUT2D eigenvalue weighted by Crippen LogP contribution is -2.16. The maximum absolute atomic E-state index is 13.9. The molecular weight excluding hydrogens is 305 g/mol. The van der Waals surface area contributed by atoms with Gasteiger partial charge in [0.1, 0.15) is 5.69 Å². The summed E-state index contributed by atoms with van der Waals surface area (Å²) in [5.74, 6) is -0.571. The van der Waals surface area contributed by atoms with Gasteiger partial charge in [0, 0.05) is 23.5 Å². The number of pyridine rings is 1. The van der Waals surface area contributed by atoms with Crippen molar-refractivity contribution in [2.75, 3.05) is 0 Å². The molecule has 0 radical (unpaired) electrons. The number of aromatic nitrogens is 3. The van der Waals surface area contributed by atoms with E-state index in [-0.39, 0.29) is 16.5 Å². The van der Waals surface area contributed by atoms with E-state index in [0.29, 0.717) is 11.3 Å². The molecule has 0 atom stereocenters. The number of aryl methyl sites for hydroxylation is 1. The molecule has 0 aliphatic carbocycles. The van der Waals surface area contributed by atoms with Gasteiger partial charge in [0.25, 0.3) is 5.56 Å². The fraction of sp³-hybridized carbons (Fsp3) is 0.0625. The van der Waals surface area contributed by atoms with Crippen LogP contribution in [0.3, 0.4) is 0 Å². The van der Waals surface area contributed by atoms with Crippen molar-refractivity contribution in [2.45, 2.75) is 6.92 Å². The van der Waals surface area contributed by atoms with Crippen LogP contribution in [0, 0.1) is 12.7 Å². The number of halogens is 2. The largest absolute Gasteiger partial charge is 0.284 e. The van der Waals surface area contributed by atoms with E-state index < -0.39 is 5.82 Å². The van der Waals surface area contributed by atoms with E-state index in [9.17, 15) is 9.18 Å². The average Bonchev–Trinajstić information content (AvgIpc) is 2.52. The Morgan fingerprint density at radius 2 is 2.05 bits per heavy atom. The van der Waals surface area contributed by atoms with Gasteiger partial charge in [-0.2, -0.15) is 0 Å². The number of nitrogens with zero attached hydrogens (tertiary/aromatic N) is 3. The van der Waals surface area contributed by atoms with Gasteiger partial charge in [0.05, 0.1) is 6.20 Å². The second kappa shape index (κ2) is 5.69. The van der Waals surface area contributed by atoms with Gasteiger partial charge in [0.15, 0.2) is 5.82 Å². The van der Waals surface area contributed by atoms with Crippen LogP contribution in [0.5, 0.6) is 0 Å². The molecule has 3 aromatic rings. The van der Waals surface area contributed by atoms with Crippen LogP contribution in [0.25, 0.3) is 16.9 Å². The Balaban J connectivity index is 2.16. The molecule has 1 aromatic carbocycles. The first-order valence-electron chi connectivity index (χ1n) is 6.53. The van der Waals surface area contributed by atoms with Crippen LogP contribution in [0.1, 0.15) is 5.56 Å². The molecule has 0 saturated heterocycles. The van der Waals surface area contributed by atoms with Crippen LogP contribution >= 0.6 is 11.6 Å². The standard InChI is InChI=1S/C16H11ClFN3O/c1-10-5-6-14(22)21(9-10)12-4-2-3-11(7-12)15-13(18)8-19-16(17)20-15/h2-9H,1H3. The molecule has 6 heteroatoms. The summed E-state index contributed by atoms with van der Waals surface area (Å²) in [4.78, 5) is 19.5. The molecule has 0 unspecified atom stereocenters. The topological polar surface area (TPSA) is 47.8 Å². The molecule has 0 aliphatic rings. The summed E-state index contributed by atoms with van der Waals surface area (Å²) in [5, 5.41) is -0.0328. The molecule has 22 heavy (non-hydrogen) atoms. The summed E-state index contributed by atoms with van der Waals surface area (Å²) in [6, 6.07) is 10.1. The zero-order valence-corrected chi connectivity index (χ0v) is 12.4. The number of rotatable bonds is 2. The number of hydrogen-bond acceptors (Lipinski definition) is 3. The summed E-state index contributed by atoms with van der Waals surface area (Å²) < 4.78 is 15.4. The zero-order valence-electron chi connectivity index (χ0n) is 11.6. The van der Waals surface area contributed by atoms with E-state index >= 15 is 0 Å². The molecule has 110 valence electrons. The average molecular weight is 316 g/mol. The molecule has 0 fully saturated rings. The molecule has 0 saturated carbocycles. The highest BCUT2D eigenvalue weighted by atomic mass is 35.5. The van der Waals surface area contributed by atoms with Gasteiger partial charge in [-0.1, -0.05) is 18.2 Å². The predicted molar refractivity (Wildman–Crippen MR) is 82.8 cm³/mol. The van der Waals surface area contributed by atoms with Crippen molar-refractivity contribution in [2.24, 2.45) is 0 Å². The Hall–Kier alpha value is -2.53. The van der Waals surface area contributed by atoms with Crippen molar-refractivity contribution in [1.29, 1.82) is 0 Å². The monoisotopic (exact) mass is 315 g/mol. The summed E-state index contributed by atoms with van der Waals surface area (Å²) in [7, 11) is 0. The van der Waals surface area contributed by atoms with Gasteiger partial charge in [-0.3, -0.25) is 9.36 Å². The maximum Gasteiger partial charge on any atom is 0.255 e. The van der Waals surface area contributed by atoms with Crippen LogP contribution in [0.4, 0.5) is 4.39 Å².